The van der Waals surface area contributed by atoms with Crippen LogP contribution in [-0.2, 0) is 19.6 Å². The first kappa shape index (κ1) is 23.9. The molecule has 1 N–H and O–H groups in total. The molecule has 0 radical (unpaired) electrons. The van der Waals surface area contributed by atoms with Crippen LogP contribution in [0.4, 0.5) is 0 Å². The highest BCUT2D eigenvalue weighted by molar-refractivity contribution is 7.90. The van der Waals surface area contributed by atoms with Crippen molar-refractivity contribution in [3.05, 3.63) is 42.5 Å². The molecule has 0 aliphatic heterocycles. The Labute approximate surface area is 179 Å². The molecule has 0 spiro atoms. The highest BCUT2D eigenvalue weighted by atomic mass is 32.2. The third kappa shape index (κ3) is 7.13. The summed E-state index contributed by atoms with van der Waals surface area (Å²) in [6.45, 7) is 5.38. The first-order valence-corrected chi connectivity index (χ1v) is 12.2. The Morgan fingerprint density at radius 2 is 1.47 bits per heavy atom. The molecule has 0 saturated carbocycles. The summed E-state index contributed by atoms with van der Waals surface area (Å²) in [5.41, 5.74) is 0. The molecule has 0 unspecified atom stereocenters. The van der Waals surface area contributed by atoms with Crippen molar-refractivity contribution in [2.45, 2.75) is 63.7 Å². The summed E-state index contributed by atoms with van der Waals surface area (Å²) in [6.07, 6.45) is 5.41. The van der Waals surface area contributed by atoms with E-state index in [1.54, 1.807) is 11.0 Å². The predicted molar refractivity (Wildman–Crippen MR) is 120 cm³/mol. The van der Waals surface area contributed by atoms with Gasteiger partial charge in [0.1, 0.15) is 6.42 Å². The maximum Gasteiger partial charge on any atom is 0.264 e. The summed E-state index contributed by atoms with van der Waals surface area (Å²) < 4.78 is 27.2. The summed E-state index contributed by atoms with van der Waals surface area (Å²) in [6, 6.07) is 12.1. The fraction of sp³-hybridized carbons (Fsp3) is 0.478. The van der Waals surface area contributed by atoms with Crippen LogP contribution in [0.3, 0.4) is 0 Å². The first-order valence-electron chi connectivity index (χ1n) is 10.7. The van der Waals surface area contributed by atoms with Crippen LogP contribution in [0, 0.1) is 0 Å². The lowest BCUT2D eigenvalue weighted by Gasteiger charge is -2.22. The van der Waals surface area contributed by atoms with Gasteiger partial charge in [-0.25, -0.2) is 13.1 Å². The average Bonchev–Trinajstić information content (AvgIpc) is 2.72. The zero-order chi connectivity index (χ0) is 22.0. The Hall–Kier alpha value is -2.41. The lowest BCUT2D eigenvalue weighted by Crippen LogP contribution is -2.38. The quantitative estimate of drug-likeness (QED) is 0.402. The zero-order valence-electron chi connectivity index (χ0n) is 17.9. The number of rotatable bonds is 12. The van der Waals surface area contributed by atoms with Crippen molar-refractivity contribution in [1.82, 2.24) is 9.62 Å². The molecule has 0 aliphatic rings. The van der Waals surface area contributed by atoms with Gasteiger partial charge in [-0.3, -0.25) is 9.59 Å². The van der Waals surface area contributed by atoms with Crippen molar-refractivity contribution in [3.63, 3.8) is 0 Å². The van der Waals surface area contributed by atoms with E-state index in [9.17, 15) is 18.0 Å². The van der Waals surface area contributed by atoms with Gasteiger partial charge < -0.3 is 4.90 Å². The lowest BCUT2D eigenvalue weighted by atomic mass is 10.1. The van der Waals surface area contributed by atoms with Crippen molar-refractivity contribution in [3.8, 4) is 0 Å². The predicted octanol–water partition coefficient (Wildman–Crippen LogP) is 4.24. The SMILES string of the molecule is CCCCCN(CCCCC)C(=O)CC(=O)NS(=O)(=O)c1ccc2ccccc2c1. The minimum Gasteiger partial charge on any atom is -0.342 e. The third-order valence-electron chi connectivity index (χ3n) is 5.01. The molecule has 0 fully saturated rings. The molecule has 30 heavy (non-hydrogen) atoms. The molecule has 0 atom stereocenters. The van der Waals surface area contributed by atoms with E-state index in [1.807, 2.05) is 29.0 Å². The second kappa shape index (κ2) is 11.7. The van der Waals surface area contributed by atoms with Crippen molar-refractivity contribution in [2.24, 2.45) is 0 Å². The average molecular weight is 433 g/mol. The second-order valence-corrected chi connectivity index (χ2v) is 9.19. The molecule has 2 aromatic rings. The fourth-order valence-electron chi connectivity index (χ4n) is 3.30. The summed E-state index contributed by atoms with van der Waals surface area (Å²) in [4.78, 5) is 26.6. The van der Waals surface area contributed by atoms with Crippen LogP contribution < -0.4 is 4.72 Å². The van der Waals surface area contributed by atoms with Gasteiger partial charge in [-0.15, -0.1) is 0 Å². The van der Waals surface area contributed by atoms with E-state index in [0.29, 0.717) is 13.1 Å². The van der Waals surface area contributed by atoms with Gasteiger partial charge in [-0.2, -0.15) is 0 Å². The maximum atomic E-state index is 12.6. The number of carbonyl (C=O) groups excluding carboxylic acids is 2. The molecule has 0 heterocycles. The van der Waals surface area contributed by atoms with E-state index >= 15 is 0 Å². The molecule has 6 nitrogen and oxygen atoms in total. The monoisotopic (exact) mass is 432 g/mol. The minimum absolute atomic E-state index is 0.00440. The third-order valence-corrected chi connectivity index (χ3v) is 6.38. The summed E-state index contributed by atoms with van der Waals surface area (Å²) in [5, 5.41) is 1.68. The van der Waals surface area contributed by atoms with E-state index in [2.05, 4.69) is 13.8 Å². The van der Waals surface area contributed by atoms with Crippen molar-refractivity contribution < 1.29 is 18.0 Å². The number of nitrogens with zero attached hydrogens (tertiary/aromatic N) is 1. The largest absolute Gasteiger partial charge is 0.342 e. The van der Waals surface area contributed by atoms with Gasteiger partial charge in [0.25, 0.3) is 10.0 Å². The van der Waals surface area contributed by atoms with Gasteiger partial charge in [-0.05, 0) is 35.7 Å². The lowest BCUT2D eigenvalue weighted by molar-refractivity contribution is -0.135. The number of unbranched alkanes of at least 4 members (excludes halogenated alkanes) is 4. The second-order valence-electron chi connectivity index (χ2n) is 7.51. The molecule has 0 saturated heterocycles. The topological polar surface area (TPSA) is 83.6 Å². The molecule has 2 amide bonds. The van der Waals surface area contributed by atoms with E-state index < -0.39 is 22.4 Å². The van der Waals surface area contributed by atoms with Gasteiger partial charge in [0.15, 0.2) is 0 Å². The number of hydrogen-bond acceptors (Lipinski definition) is 4. The number of sulfonamides is 1. The van der Waals surface area contributed by atoms with Crippen molar-refractivity contribution >= 4 is 32.6 Å². The van der Waals surface area contributed by atoms with Crippen LogP contribution in [-0.4, -0.2) is 38.2 Å². The Kier molecular flexibility index (Phi) is 9.30. The Morgan fingerprint density at radius 3 is 2.07 bits per heavy atom. The normalized spacial score (nSPS) is 11.4. The van der Waals surface area contributed by atoms with E-state index in [0.717, 1.165) is 49.3 Å². The smallest absolute Gasteiger partial charge is 0.264 e. The van der Waals surface area contributed by atoms with Gasteiger partial charge >= 0.3 is 0 Å². The van der Waals surface area contributed by atoms with Crippen LogP contribution >= 0.6 is 0 Å². The number of fused-ring (bicyclic) bond motifs is 1. The molecule has 0 bridgehead atoms. The molecule has 0 aromatic heterocycles. The number of amides is 2. The van der Waals surface area contributed by atoms with Crippen LogP contribution in [0.15, 0.2) is 47.4 Å². The molecule has 164 valence electrons. The number of benzene rings is 2. The zero-order valence-corrected chi connectivity index (χ0v) is 18.7. The van der Waals surface area contributed by atoms with Crippen molar-refractivity contribution in [2.75, 3.05) is 13.1 Å². The van der Waals surface area contributed by atoms with Crippen molar-refractivity contribution in [1.29, 1.82) is 0 Å². The Bertz CT molecular complexity index is 947. The number of carbonyl (C=O) groups is 2. The summed E-state index contributed by atoms with van der Waals surface area (Å²) in [7, 11) is -4.03. The van der Waals surface area contributed by atoms with Gasteiger partial charge in [0.05, 0.1) is 4.90 Å². The van der Waals surface area contributed by atoms with E-state index in [1.165, 1.54) is 12.1 Å². The highest BCUT2D eigenvalue weighted by Gasteiger charge is 2.22. The summed E-state index contributed by atoms with van der Waals surface area (Å²) in [5.74, 6) is -1.13. The molecule has 2 aromatic carbocycles. The molecular weight excluding hydrogens is 400 g/mol. The molecule has 7 heteroatoms. The van der Waals surface area contributed by atoms with Crippen LogP contribution in [0.5, 0.6) is 0 Å². The van der Waals surface area contributed by atoms with Crippen LogP contribution in [0.2, 0.25) is 0 Å². The van der Waals surface area contributed by atoms with E-state index in [-0.39, 0.29) is 10.8 Å². The maximum absolute atomic E-state index is 12.6. The Morgan fingerprint density at radius 1 is 0.867 bits per heavy atom. The van der Waals surface area contributed by atoms with Gasteiger partial charge in [0.2, 0.25) is 11.8 Å². The standard InChI is InChI=1S/C23H32N2O4S/c1-3-5-9-15-25(16-10-6-4-2)23(27)18-22(26)24-30(28,29)21-14-13-19-11-7-8-12-20(19)17-21/h7-8,11-14,17H,3-6,9-10,15-16,18H2,1-2H3,(H,24,26). The van der Waals surface area contributed by atoms with Crippen LogP contribution in [0.25, 0.3) is 10.8 Å². The van der Waals surface area contributed by atoms with Crippen LogP contribution in [0.1, 0.15) is 58.8 Å². The van der Waals surface area contributed by atoms with Gasteiger partial charge in [-0.1, -0.05) is 69.9 Å². The van der Waals surface area contributed by atoms with E-state index in [4.69, 9.17) is 0 Å². The highest BCUT2D eigenvalue weighted by Crippen LogP contribution is 2.19. The van der Waals surface area contributed by atoms with Gasteiger partial charge in [0, 0.05) is 13.1 Å². The first-order chi connectivity index (χ1) is 14.4. The molecule has 2 rings (SSSR count). The molecule has 0 aliphatic carbocycles. The fourth-order valence-corrected chi connectivity index (χ4v) is 4.31. The minimum atomic E-state index is -4.03. The number of hydrogen-bond donors (Lipinski definition) is 1. The summed E-state index contributed by atoms with van der Waals surface area (Å²) >= 11 is 0. The number of nitrogens with one attached hydrogen (secondary N) is 1. The molecular formula is C23H32N2O4S. The Balaban J connectivity index is 2.01.